The number of hydrogen-bond acceptors (Lipinski definition) is 6. The van der Waals surface area contributed by atoms with Gasteiger partial charge in [-0.05, 0) is 36.8 Å². The summed E-state index contributed by atoms with van der Waals surface area (Å²) in [5.74, 6) is -0.249. The number of para-hydroxylation sites is 1. The van der Waals surface area contributed by atoms with Crippen molar-refractivity contribution >= 4 is 17.6 Å². The first-order valence-electron chi connectivity index (χ1n) is 8.86. The molecule has 0 aliphatic rings. The summed E-state index contributed by atoms with van der Waals surface area (Å²) in [6.45, 7) is 2.14. The summed E-state index contributed by atoms with van der Waals surface area (Å²) in [7, 11) is 1.48. The van der Waals surface area contributed by atoms with Gasteiger partial charge in [0.25, 0.3) is 5.91 Å². The van der Waals surface area contributed by atoms with E-state index in [1.165, 1.54) is 13.2 Å². The van der Waals surface area contributed by atoms with Crippen molar-refractivity contribution in [3.05, 3.63) is 53.6 Å². The van der Waals surface area contributed by atoms with Crippen LogP contribution in [-0.4, -0.2) is 32.2 Å². The zero-order valence-electron chi connectivity index (χ0n) is 15.9. The van der Waals surface area contributed by atoms with Crippen LogP contribution < -0.4 is 14.8 Å². The van der Waals surface area contributed by atoms with Crippen LogP contribution in [0.2, 0.25) is 0 Å². The Labute approximate surface area is 163 Å². The van der Waals surface area contributed by atoms with E-state index >= 15 is 0 Å². The molecule has 0 atom stereocenters. The molecule has 7 nitrogen and oxygen atoms in total. The maximum atomic E-state index is 12.2. The smallest absolute Gasteiger partial charge is 0.338 e. The van der Waals surface area contributed by atoms with E-state index in [0.29, 0.717) is 29.4 Å². The van der Waals surface area contributed by atoms with Crippen LogP contribution in [0, 0.1) is 11.3 Å². The van der Waals surface area contributed by atoms with Crippen molar-refractivity contribution in [3.63, 3.8) is 0 Å². The monoisotopic (exact) mass is 382 g/mol. The molecule has 0 saturated heterocycles. The van der Waals surface area contributed by atoms with Gasteiger partial charge in [-0.3, -0.25) is 4.79 Å². The Balaban J connectivity index is 1.95. The Bertz CT molecular complexity index is 873. The molecule has 2 aromatic rings. The van der Waals surface area contributed by atoms with Crippen LogP contribution in [0.25, 0.3) is 0 Å². The van der Waals surface area contributed by atoms with Crippen molar-refractivity contribution < 1.29 is 23.8 Å². The molecular weight excluding hydrogens is 360 g/mol. The van der Waals surface area contributed by atoms with Crippen molar-refractivity contribution in [2.45, 2.75) is 19.8 Å². The quantitative estimate of drug-likeness (QED) is 0.526. The summed E-state index contributed by atoms with van der Waals surface area (Å²) in [6, 6.07) is 13.2. The van der Waals surface area contributed by atoms with Crippen molar-refractivity contribution in [1.29, 1.82) is 5.26 Å². The number of unbranched alkanes of at least 4 members (excludes halogenated alkanes) is 1. The first-order valence-corrected chi connectivity index (χ1v) is 8.86. The number of amides is 1. The van der Waals surface area contributed by atoms with Gasteiger partial charge in [-0.1, -0.05) is 25.5 Å². The Morgan fingerprint density at radius 1 is 1.14 bits per heavy atom. The summed E-state index contributed by atoms with van der Waals surface area (Å²) >= 11 is 0. The number of carbonyl (C=O) groups excluding carboxylic acids is 2. The van der Waals surface area contributed by atoms with Gasteiger partial charge in [-0.25, -0.2) is 4.79 Å². The highest BCUT2D eigenvalue weighted by Gasteiger charge is 2.14. The van der Waals surface area contributed by atoms with E-state index in [0.717, 1.165) is 12.8 Å². The number of nitrogens with zero attached hydrogens (tertiary/aromatic N) is 1. The van der Waals surface area contributed by atoms with Gasteiger partial charge in [0.1, 0.15) is 6.07 Å². The zero-order valence-corrected chi connectivity index (χ0v) is 15.9. The molecule has 0 bridgehead atoms. The molecule has 0 spiro atoms. The first-order chi connectivity index (χ1) is 13.6. The number of ether oxygens (including phenoxy) is 3. The predicted octanol–water partition coefficient (Wildman–Crippen LogP) is 3.54. The molecule has 146 valence electrons. The molecule has 1 N–H and O–H groups in total. The molecule has 0 aliphatic carbocycles. The van der Waals surface area contributed by atoms with Crippen LogP contribution in [0.3, 0.4) is 0 Å². The fraction of sp³-hybridized carbons (Fsp3) is 0.286. The third-order valence-corrected chi connectivity index (χ3v) is 3.81. The van der Waals surface area contributed by atoms with Crippen molar-refractivity contribution in [1.82, 2.24) is 0 Å². The number of esters is 1. The van der Waals surface area contributed by atoms with Crippen molar-refractivity contribution in [2.24, 2.45) is 0 Å². The largest absolute Gasteiger partial charge is 0.493 e. The second-order valence-corrected chi connectivity index (χ2v) is 5.85. The van der Waals surface area contributed by atoms with Gasteiger partial charge < -0.3 is 19.5 Å². The number of methoxy groups -OCH3 is 1. The van der Waals surface area contributed by atoms with Gasteiger partial charge in [0.05, 0.1) is 30.5 Å². The number of carbonyl (C=O) groups is 2. The Kier molecular flexibility index (Phi) is 7.85. The average Bonchev–Trinajstić information content (AvgIpc) is 2.72. The Morgan fingerprint density at radius 3 is 2.64 bits per heavy atom. The molecule has 0 saturated carbocycles. The normalized spacial score (nSPS) is 9.89. The lowest BCUT2D eigenvalue weighted by molar-refractivity contribution is -0.119. The van der Waals surface area contributed by atoms with Crippen LogP contribution in [0.4, 0.5) is 5.69 Å². The number of hydrogen-bond donors (Lipinski definition) is 1. The molecule has 0 heterocycles. The molecule has 0 fully saturated rings. The van der Waals surface area contributed by atoms with E-state index in [9.17, 15) is 9.59 Å². The molecule has 2 rings (SSSR count). The number of nitriles is 1. The molecule has 0 aromatic heterocycles. The highest BCUT2D eigenvalue weighted by Crippen LogP contribution is 2.28. The van der Waals surface area contributed by atoms with Crippen molar-refractivity contribution in [2.75, 3.05) is 25.6 Å². The number of anilines is 1. The van der Waals surface area contributed by atoms with Gasteiger partial charge in [-0.15, -0.1) is 0 Å². The Morgan fingerprint density at radius 2 is 1.93 bits per heavy atom. The highest BCUT2D eigenvalue weighted by atomic mass is 16.5. The molecular formula is C21H22N2O5. The summed E-state index contributed by atoms with van der Waals surface area (Å²) in [6.07, 6.45) is 1.92. The summed E-state index contributed by atoms with van der Waals surface area (Å²) in [5, 5.41) is 11.6. The van der Waals surface area contributed by atoms with E-state index in [2.05, 4.69) is 12.2 Å². The van der Waals surface area contributed by atoms with Gasteiger partial charge >= 0.3 is 5.97 Å². The summed E-state index contributed by atoms with van der Waals surface area (Å²) in [4.78, 5) is 24.2. The van der Waals surface area contributed by atoms with Crippen LogP contribution in [0.15, 0.2) is 42.5 Å². The number of nitrogens with one attached hydrogen (secondary N) is 1. The first kappa shape index (κ1) is 20.8. The maximum absolute atomic E-state index is 12.2. The minimum absolute atomic E-state index is 0.241. The predicted molar refractivity (Wildman–Crippen MR) is 103 cm³/mol. The average molecular weight is 382 g/mol. The lowest BCUT2D eigenvalue weighted by Crippen LogP contribution is -2.21. The van der Waals surface area contributed by atoms with E-state index in [-0.39, 0.29) is 5.56 Å². The molecule has 1 amide bonds. The zero-order chi connectivity index (χ0) is 20.4. The van der Waals surface area contributed by atoms with Crippen LogP contribution in [0.5, 0.6) is 11.5 Å². The maximum Gasteiger partial charge on any atom is 0.338 e. The molecule has 0 aliphatic heterocycles. The lowest BCUT2D eigenvalue weighted by atomic mass is 10.2. The topological polar surface area (TPSA) is 97.6 Å². The van der Waals surface area contributed by atoms with Crippen LogP contribution >= 0.6 is 0 Å². The highest BCUT2D eigenvalue weighted by molar-refractivity contribution is 5.96. The standard InChI is InChI=1S/C21H22N2O5/c1-3-4-11-27-18-10-9-15(12-19(18)26-2)21(25)28-14-20(24)23-17-8-6-5-7-16(17)13-22/h5-10,12H,3-4,11,14H2,1-2H3,(H,23,24). The lowest BCUT2D eigenvalue weighted by Gasteiger charge is -2.12. The summed E-state index contributed by atoms with van der Waals surface area (Å²) < 4.78 is 15.9. The minimum atomic E-state index is -0.665. The van der Waals surface area contributed by atoms with Gasteiger partial charge in [0.15, 0.2) is 18.1 Å². The molecule has 0 radical (unpaired) electrons. The number of benzene rings is 2. The third kappa shape index (κ3) is 5.74. The van der Waals surface area contributed by atoms with Gasteiger partial charge in [0.2, 0.25) is 0 Å². The fourth-order valence-electron chi connectivity index (χ4n) is 2.33. The number of rotatable bonds is 9. The van der Waals surface area contributed by atoms with Crippen LogP contribution in [-0.2, 0) is 9.53 Å². The SMILES string of the molecule is CCCCOc1ccc(C(=O)OCC(=O)Nc2ccccc2C#N)cc1OC. The van der Waals surface area contributed by atoms with Crippen molar-refractivity contribution in [3.8, 4) is 17.6 Å². The van der Waals surface area contributed by atoms with Crippen LogP contribution in [0.1, 0.15) is 35.7 Å². The van der Waals surface area contributed by atoms with Gasteiger partial charge in [-0.2, -0.15) is 5.26 Å². The molecule has 0 unspecified atom stereocenters. The minimum Gasteiger partial charge on any atom is -0.493 e. The van der Waals surface area contributed by atoms with Gasteiger partial charge in [0, 0.05) is 0 Å². The second-order valence-electron chi connectivity index (χ2n) is 5.85. The fourth-order valence-corrected chi connectivity index (χ4v) is 2.33. The molecule has 7 heteroatoms. The molecule has 28 heavy (non-hydrogen) atoms. The Hall–Kier alpha value is -3.53. The summed E-state index contributed by atoms with van der Waals surface area (Å²) in [5.41, 5.74) is 0.928. The van der Waals surface area contributed by atoms with E-state index in [1.807, 2.05) is 6.07 Å². The third-order valence-electron chi connectivity index (χ3n) is 3.81. The van der Waals surface area contributed by atoms with E-state index < -0.39 is 18.5 Å². The van der Waals surface area contributed by atoms with E-state index in [1.54, 1.807) is 36.4 Å². The second kappa shape index (κ2) is 10.6. The molecule has 2 aromatic carbocycles. The van der Waals surface area contributed by atoms with E-state index in [4.69, 9.17) is 19.5 Å².